The van der Waals surface area contributed by atoms with Gasteiger partial charge >= 0.3 is 0 Å². The summed E-state index contributed by atoms with van der Waals surface area (Å²) < 4.78 is 17.6. The topological polar surface area (TPSA) is 27.7 Å². The minimum atomic E-state index is -0.246. The minimum Gasteiger partial charge on any atom is -0.381 e. The third-order valence-electron chi connectivity index (χ3n) is 4.73. The molecular weight excluding hydrogens is 216 g/mol. The van der Waals surface area contributed by atoms with Crippen LogP contribution in [0.1, 0.15) is 39.5 Å². The van der Waals surface area contributed by atoms with Gasteiger partial charge < -0.3 is 14.2 Å². The Hall–Kier alpha value is -0.120. The standard InChI is InChI=1S/C14H24O3/c1-13(2)8-16-14(17-9-13)6-10-4-12(15-3)5-11(10)7-14/h10-12H,4-9H2,1-3H3/t10-,11+,12-. The molecule has 1 aliphatic heterocycles. The summed E-state index contributed by atoms with van der Waals surface area (Å²) in [5.74, 6) is 1.26. The van der Waals surface area contributed by atoms with Crippen molar-refractivity contribution in [1.29, 1.82) is 0 Å². The van der Waals surface area contributed by atoms with Gasteiger partial charge in [-0.3, -0.25) is 0 Å². The molecule has 0 bridgehead atoms. The first-order valence-electron chi connectivity index (χ1n) is 6.83. The zero-order chi connectivity index (χ0) is 12.1. The summed E-state index contributed by atoms with van der Waals surface area (Å²) in [5.41, 5.74) is 0.179. The third-order valence-corrected chi connectivity index (χ3v) is 4.73. The summed E-state index contributed by atoms with van der Waals surface area (Å²) in [5, 5.41) is 0. The Balaban J connectivity index is 1.63. The van der Waals surface area contributed by atoms with Gasteiger partial charge in [0.1, 0.15) is 0 Å². The Labute approximate surface area is 104 Å². The van der Waals surface area contributed by atoms with E-state index in [-0.39, 0.29) is 11.2 Å². The minimum absolute atomic E-state index is 0.179. The average Bonchev–Trinajstić information content (AvgIpc) is 2.78. The van der Waals surface area contributed by atoms with E-state index in [2.05, 4.69) is 13.8 Å². The molecule has 0 aromatic rings. The van der Waals surface area contributed by atoms with Gasteiger partial charge in [-0.25, -0.2) is 0 Å². The smallest absolute Gasteiger partial charge is 0.168 e. The Morgan fingerprint density at radius 1 is 1.00 bits per heavy atom. The molecule has 3 heteroatoms. The van der Waals surface area contributed by atoms with Gasteiger partial charge in [-0.15, -0.1) is 0 Å². The summed E-state index contributed by atoms with van der Waals surface area (Å²) >= 11 is 0. The van der Waals surface area contributed by atoms with E-state index in [4.69, 9.17) is 14.2 Å². The Kier molecular flexibility index (Phi) is 2.77. The van der Waals surface area contributed by atoms with Gasteiger partial charge in [-0.1, -0.05) is 13.8 Å². The van der Waals surface area contributed by atoms with Crippen LogP contribution in [0.3, 0.4) is 0 Å². The molecule has 3 aliphatic rings. The number of methoxy groups -OCH3 is 1. The van der Waals surface area contributed by atoms with Gasteiger partial charge in [0, 0.05) is 25.4 Å². The lowest BCUT2D eigenvalue weighted by atomic mass is 9.94. The molecule has 0 N–H and O–H groups in total. The maximum absolute atomic E-state index is 6.08. The maximum atomic E-state index is 6.08. The fourth-order valence-electron chi connectivity index (χ4n) is 3.70. The molecule has 2 aliphatic carbocycles. The molecule has 3 atom stereocenters. The van der Waals surface area contributed by atoms with E-state index < -0.39 is 0 Å². The Bertz CT molecular complexity index is 274. The van der Waals surface area contributed by atoms with E-state index in [0.717, 1.165) is 37.9 Å². The summed E-state index contributed by atoms with van der Waals surface area (Å²) in [7, 11) is 1.83. The molecule has 0 amide bonds. The van der Waals surface area contributed by atoms with Gasteiger partial charge in [-0.2, -0.15) is 0 Å². The predicted octanol–water partition coefficient (Wildman–Crippen LogP) is 2.59. The van der Waals surface area contributed by atoms with E-state index in [1.807, 2.05) is 7.11 Å². The predicted molar refractivity (Wildman–Crippen MR) is 64.7 cm³/mol. The van der Waals surface area contributed by atoms with E-state index in [9.17, 15) is 0 Å². The fourth-order valence-corrected chi connectivity index (χ4v) is 3.70. The van der Waals surface area contributed by atoms with Crippen molar-refractivity contribution < 1.29 is 14.2 Å². The summed E-state index contributed by atoms with van der Waals surface area (Å²) in [6.45, 7) is 6.08. The molecule has 1 saturated heterocycles. The van der Waals surface area contributed by atoms with Crippen molar-refractivity contribution in [3.05, 3.63) is 0 Å². The lowest BCUT2D eigenvalue weighted by Gasteiger charge is -2.42. The second-order valence-electron chi connectivity index (χ2n) is 6.91. The highest BCUT2D eigenvalue weighted by Gasteiger charge is 2.53. The largest absolute Gasteiger partial charge is 0.381 e. The third kappa shape index (κ3) is 2.13. The number of fused-ring (bicyclic) bond motifs is 1. The van der Waals surface area contributed by atoms with Crippen molar-refractivity contribution in [3.8, 4) is 0 Å². The molecule has 3 nitrogen and oxygen atoms in total. The molecule has 98 valence electrons. The van der Waals surface area contributed by atoms with Crippen LogP contribution >= 0.6 is 0 Å². The Morgan fingerprint density at radius 3 is 2.00 bits per heavy atom. The zero-order valence-corrected chi connectivity index (χ0v) is 11.2. The van der Waals surface area contributed by atoms with Crippen molar-refractivity contribution in [2.24, 2.45) is 17.3 Å². The summed E-state index contributed by atoms with van der Waals surface area (Å²) in [4.78, 5) is 0. The van der Waals surface area contributed by atoms with Crippen molar-refractivity contribution >= 4 is 0 Å². The molecule has 17 heavy (non-hydrogen) atoms. The van der Waals surface area contributed by atoms with Crippen LogP contribution in [0.15, 0.2) is 0 Å². The quantitative estimate of drug-likeness (QED) is 0.705. The van der Waals surface area contributed by atoms with Gasteiger partial charge in [0.2, 0.25) is 0 Å². The second kappa shape index (κ2) is 3.94. The molecule has 3 rings (SSSR count). The first-order chi connectivity index (χ1) is 8.02. The molecule has 1 spiro atoms. The molecule has 2 saturated carbocycles. The molecule has 3 fully saturated rings. The van der Waals surface area contributed by atoms with E-state index in [1.54, 1.807) is 0 Å². The highest BCUT2D eigenvalue weighted by Crippen LogP contribution is 2.53. The second-order valence-corrected chi connectivity index (χ2v) is 6.91. The molecular formula is C14H24O3. The number of hydrogen-bond donors (Lipinski definition) is 0. The van der Waals surface area contributed by atoms with Crippen LogP contribution in [0.2, 0.25) is 0 Å². The van der Waals surface area contributed by atoms with Crippen LogP contribution < -0.4 is 0 Å². The summed E-state index contributed by atoms with van der Waals surface area (Å²) in [6.07, 6.45) is 5.02. The van der Waals surface area contributed by atoms with E-state index in [1.165, 1.54) is 12.8 Å². The lowest BCUT2D eigenvalue weighted by Crippen LogP contribution is -2.46. The highest BCUT2D eigenvalue weighted by molar-refractivity contribution is 4.98. The van der Waals surface area contributed by atoms with Gasteiger partial charge in [0.25, 0.3) is 0 Å². The number of hydrogen-bond acceptors (Lipinski definition) is 3. The lowest BCUT2D eigenvalue weighted by molar-refractivity contribution is -0.297. The van der Waals surface area contributed by atoms with Crippen molar-refractivity contribution in [1.82, 2.24) is 0 Å². The normalized spacial score (nSPS) is 42.9. The average molecular weight is 240 g/mol. The number of ether oxygens (including phenoxy) is 3. The van der Waals surface area contributed by atoms with Gasteiger partial charge in [0.05, 0.1) is 19.3 Å². The number of rotatable bonds is 1. The summed E-state index contributed by atoms with van der Waals surface area (Å²) in [6, 6.07) is 0. The van der Waals surface area contributed by atoms with Crippen molar-refractivity contribution in [2.45, 2.75) is 51.4 Å². The van der Waals surface area contributed by atoms with Crippen LogP contribution in [-0.2, 0) is 14.2 Å². The van der Waals surface area contributed by atoms with Crippen LogP contribution in [0.5, 0.6) is 0 Å². The maximum Gasteiger partial charge on any atom is 0.168 e. The van der Waals surface area contributed by atoms with Crippen molar-refractivity contribution in [2.75, 3.05) is 20.3 Å². The first-order valence-corrected chi connectivity index (χ1v) is 6.83. The molecule has 0 aromatic heterocycles. The molecule has 0 unspecified atom stereocenters. The van der Waals surface area contributed by atoms with Crippen LogP contribution in [0.4, 0.5) is 0 Å². The van der Waals surface area contributed by atoms with Crippen LogP contribution in [0, 0.1) is 17.3 Å². The fraction of sp³-hybridized carbons (Fsp3) is 1.00. The highest BCUT2D eigenvalue weighted by atomic mass is 16.7. The zero-order valence-electron chi connectivity index (χ0n) is 11.2. The molecule has 0 radical (unpaired) electrons. The van der Waals surface area contributed by atoms with E-state index >= 15 is 0 Å². The molecule has 1 heterocycles. The molecule has 0 aromatic carbocycles. The van der Waals surface area contributed by atoms with Crippen molar-refractivity contribution in [3.63, 3.8) is 0 Å². The van der Waals surface area contributed by atoms with Gasteiger partial charge in [-0.05, 0) is 24.7 Å². The Morgan fingerprint density at radius 2 is 1.53 bits per heavy atom. The monoisotopic (exact) mass is 240 g/mol. The van der Waals surface area contributed by atoms with Crippen LogP contribution in [0.25, 0.3) is 0 Å². The first kappa shape index (κ1) is 11.9. The van der Waals surface area contributed by atoms with Crippen LogP contribution in [-0.4, -0.2) is 32.2 Å². The van der Waals surface area contributed by atoms with E-state index in [0.29, 0.717) is 6.10 Å². The van der Waals surface area contributed by atoms with Gasteiger partial charge in [0.15, 0.2) is 5.79 Å². The SMILES string of the molecule is CO[C@@H]1C[C@@H]2CC3(C[C@@H]2C1)OCC(C)(C)CO3.